The first-order valence-electron chi connectivity index (χ1n) is 5.24. The highest BCUT2D eigenvalue weighted by Gasteiger charge is 2.30. The number of rotatable bonds is 5. The van der Waals surface area contributed by atoms with Crippen molar-refractivity contribution in [2.75, 3.05) is 0 Å². The van der Waals surface area contributed by atoms with Gasteiger partial charge in [-0.2, -0.15) is 5.10 Å². The number of aromatic nitrogens is 2. The van der Waals surface area contributed by atoms with Crippen LogP contribution in [0.4, 0.5) is 18.6 Å². The zero-order valence-electron chi connectivity index (χ0n) is 9.49. The second-order valence-electron chi connectivity index (χ2n) is 3.60. The number of hydrogen-bond donors (Lipinski definition) is 0. The van der Waals surface area contributed by atoms with Gasteiger partial charge in [-0.3, -0.25) is 14.8 Å². The van der Waals surface area contributed by atoms with E-state index >= 15 is 0 Å². The van der Waals surface area contributed by atoms with E-state index in [0.29, 0.717) is 4.68 Å². The Labute approximate surface area is 95.8 Å². The Kier molecular flexibility index (Phi) is 3.79. The maximum Gasteiger partial charge on any atom is 0.499 e. The molecule has 1 aromatic heterocycles. The second-order valence-corrected chi connectivity index (χ2v) is 3.60. The lowest BCUT2D eigenvalue weighted by Gasteiger charge is -2.14. The van der Waals surface area contributed by atoms with Crippen molar-refractivity contribution in [1.29, 1.82) is 0 Å². The van der Waals surface area contributed by atoms with E-state index in [9.17, 15) is 23.1 Å². The summed E-state index contributed by atoms with van der Waals surface area (Å²) >= 11 is 0. The van der Waals surface area contributed by atoms with Gasteiger partial charge in [-0.1, -0.05) is 13.8 Å². The molecule has 96 valence electrons. The van der Waals surface area contributed by atoms with Crippen LogP contribution in [-0.4, -0.2) is 21.7 Å². The summed E-state index contributed by atoms with van der Waals surface area (Å²) < 4.78 is 37.7. The third-order valence-corrected chi connectivity index (χ3v) is 2.33. The minimum Gasteiger partial charge on any atom is -0.448 e. The molecule has 0 N–H and O–H groups in total. The fraction of sp³-hybridized carbons (Fsp3) is 0.625. The Hall–Kier alpha value is -1.54. The third kappa shape index (κ3) is 2.98. The van der Waals surface area contributed by atoms with E-state index in [1.54, 1.807) is 13.8 Å². The van der Waals surface area contributed by atoms with E-state index in [-0.39, 0.29) is 29.9 Å². The fourth-order valence-corrected chi connectivity index (χ4v) is 1.69. The van der Waals surface area contributed by atoms with E-state index in [1.807, 2.05) is 0 Å². The monoisotopic (exact) mass is 250 g/mol. The maximum absolute atomic E-state index is 12.3. The van der Waals surface area contributed by atoms with Crippen LogP contribution < -0.4 is 0 Å². The number of nitrogens with zero attached hydrogens (tertiary/aromatic N) is 3. The molecule has 0 unspecified atom stereocenters. The molecule has 5 nitrogen and oxygen atoms in total. The van der Waals surface area contributed by atoms with Crippen molar-refractivity contribution in [1.82, 2.24) is 9.78 Å². The Morgan fingerprint density at radius 1 is 1.35 bits per heavy atom. The summed E-state index contributed by atoms with van der Waals surface area (Å²) in [7, 11) is 0. The zero-order valence-corrected chi connectivity index (χ0v) is 9.49. The van der Waals surface area contributed by atoms with Crippen molar-refractivity contribution in [3.8, 4) is 0 Å². The van der Waals surface area contributed by atoms with Crippen LogP contribution in [0.15, 0.2) is 0 Å². The first-order valence-corrected chi connectivity index (χ1v) is 5.24. The van der Waals surface area contributed by atoms with Gasteiger partial charge in [0.05, 0.1) is 4.92 Å². The normalized spacial score (nSPS) is 11.8. The number of aryl methyl sites for hydroxylation is 1. The second kappa shape index (κ2) is 4.76. The highest BCUT2D eigenvalue weighted by Crippen LogP contribution is 2.26. The Balaban J connectivity index is 3.27. The van der Waals surface area contributed by atoms with Crippen molar-refractivity contribution in [3.63, 3.8) is 0 Å². The summed E-state index contributed by atoms with van der Waals surface area (Å²) in [5.41, 5.74) is -0.145. The van der Waals surface area contributed by atoms with Crippen molar-refractivity contribution >= 4 is 12.7 Å². The Bertz CT molecular complexity index is 430. The Morgan fingerprint density at radius 3 is 2.29 bits per heavy atom. The van der Waals surface area contributed by atoms with E-state index in [0.717, 1.165) is 0 Å². The molecule has 0 radical (unpaired) electrons. The number of hydrogen-bond acceptors (Lipinski definition) is 3. The molecule has 0 aliphatic rings. The summed E-state index contributed by atoms with van der Waals surface area (Å²) in [5, 5.41) is 14.5. The molecule has 0 fully saturated rings. The predicted molar refractivity (Wildman–Crippen MR) is 56.7 cm³/mol. The molecule has 0 amide bonds. The molecule has 1 aromatic rings. The highest BCUT2D eigenvalue weighted by molar-refractivity contribution is 6.57. The SMILES string of the molecule is CCc1nn(C[B-](F)(F)F)c(CC)c1[N+](=O)[O-]. The average Bonchev–Trinajstić information content (AvgIpc) is 2.52. The lowest BCUT2D eigenvalue weighted by molar-refractivity contribution is -0.386. The molecule has 0 atom stereocenters. The standard InChI is InChI=1S/C8H12BF3N3O2/c1-3-6-8(15(16)17)7(4-2)14(13-6)5-9(10,11)12/h3-5H2,1-2H3/q-1. The molecule has 0 aromatic carbocycles. The molecule has 0 spiro atoms. The van der Waals surface area contributed by atoms with E-state index in [4.69, 9.17) is 0 Å². The van der Waals surface area contributed by atoms with Crippen LogP contribution in [0.1, 0.15) is 25.2 Å². The van der Waals surface area contributed by atoms with Gasteiger partial charge >= 0.3 is 12.7 Å². The van der Waals surface area contributed by atoms with E-state index in [1.165, 1.54) is 0 Å². The summed E-state index contributed by atoms with van der Waals surface area (Å²) in [6.45, 7) is -1.87. The number of halogens is 3. The lowest BCUT2D eigenvalue weighted by atomic mass is 9.92. The van der Waals surface area contributed by atoms with Gasteiger partial charge in [0.25, 0.3) is 0 Å². The van der Waals surface area contributed by atoms with Gasteiger partial charge in [0.15, 0.2) is 0 Å². The molecule has 1 heterocycles. The smallest absolute Gasteiger partial charge is 0.448 e. The molecule has 0 saturated heterocycles. The maximum atomic E-state index is 12.3. The van der Waals surface area contributed by atoms with Crippen LogP contribution in [0.5, 0.6) is 0 Å². The first kappa shape index (κ1) is 13.5. The van der Waals surface area contributed by atoms with Gasteiger partial charge < -0.3 is 12.9 Å². The van der Waals surface area contributed by atoms with Crippen molar-refractivity contribution in [2.24, 2.45) is 0 Å². The third-order valence-electron chi connectivity index (χ3n) is 2.33. The molecular formula is C8H12BF3N3O2-. The van der Waals surface area contributed by atoms with Gasteiger partial charge in [0, 0.05) is 6.44 Å². The summed E-state index contributed by atoms with van der Waals surface area (Å²) in [5.74, 6) is 0. The van der Waals surface area contributed by atoms with Crippen molar-refractivity contribution < 1.29 is 17.9 Å². The van der Waals surface area contributed by atoms with Gasteiger partial charge in [0.2, 0.25) is 0 Å². The molecule has 17 heavy (non-hydrogen) atoms. The van der Waals surface area contributed by atoms with Crippen LogP contribution in [-0.2, 0) is 19.3 Å². The van der Waals surface area contributed by atoms with Crippen LogP contribution in [0.3, 0.4) is 0 Å². The van der Waals surface area contributed by atoms with Crippen LogP contribution in [0.2, 0.25) is 0 Å². The topological polar surface area (TPSA) is 61.0 Å². The largest absolute Gasteiger partial charge is 0.499 e. The molecule has 0 aliphatic carbocycles. The minimum atomic E-state index is -5.06. The first-order chi connectivity index (χ1) is 7.80. The van der Waals surface area contributed by atoms with Gasteiger partial charge in [-0.25, -0.2) is 0 Å². The van der Waals surface area contributed by atoms with Gasteiger partial charge in [-0.15, -0.1) is 0 Å². The van der Waals surface area contributed by atoms with Crippen LogP contribution in [0, 0.1) is 10.1 Å². The zero-order chi connectivity index (χ0) is 13.2. The molecule has 0 aliphatic heterocycles. The average molecular weight is 250 g/mol. The van der Waals surface area contributed by atoms with Gasteiger partial charge in [-0.05, 0) is 12.8 Å². The van der Waals surface area contributed by atoms with Crippen molar-refractivity contribution in [2.45, 2.75) is 33.1 Å². The summed E-state index contributed by atoms with van der Waals surface area (Å²) in [4.78, 5) is 10.2. The number of nitro groups is 1. The lowest BCUT2D eigenvalue weighted by Crippen LogP contribution is -2.26. The van der Waals surface area contributed by atoms with Crippen LogP contribution in [0.25, 0.3) is 0 Å². The molecule has 0 saturated carbocycles. The van der Waals surface area contributed by atoms with E-state index < -0.39 is 18.3 Å². The van der Waals surface area contributed by atoms with Gasteiger partial charge in [0.1, 0.15) is 11.4 Å². The summed E-state index contributed by atoms with van der Waals surface area (Å²) in [6.07, 6.45) is -0.847. The molecular weight excluding hydrogens is 238 g/mol. The Morgan fingerprint density at radius 2 is 1.94 bits per heavy atom. The predicted octanol–water partition coefficient (Wildman–Crippen LogP) is 2.30. The molecule has 0 bridgehead atoms. The van der Waals surface area contributed by atoms with E-state index in [2.05, 4.69) is 5.10 Å². The molecule has 1 rings (SSSR count). The van der Waals surface area contributed by atoms with Crippen molar-refractivity contribution in [3.05, 3.63) is 21.5 Å². The fourth-order valence-electron chi connectivity index (χ4n) is 1.69. The van der Waals surface area contributed by atoms with Crippen LogP contribution >= 0.6 is 0 Å². The quantitative estimate of drug-likeness (QED) is 0.457. The summed E-state index contributed by atoms with van der Waals surface area (Å²) in [6, 6.07) is 0. The highest BCUT2D eigenvalue weighted by atomic mass is 19.4. The molecule has 9 heteroatoms. The minimum absolute atomic E-state index is 0.0334.